The lowest BCUT2D eigenvalue weighted by molar-refractivity contribution is 1.18. The molecule has 0 unspecified atom stereocenters. The molecular formula is C60H40N2S. The number of hydrogen-bond acceptors (Lipinski definition) is 2. The fourth-order valence-corrected chi connectivity index (χ4v) is 10.3. The molecule has 0 atom stereocenters. The van der Waals surface area contributed by atoms with Gasteiger partial charge in [-0.1, -0.05) is 176 Å². The molecule has 0 bridgehead atoms. The van der Waals surface area contributed by atoms with Crippen LogP contribution in [0.2, 0.25) is 0 Å². The van der Waals surface area contributed by atoms with Gasteiger partial charge in [0.1, 0.15) is 0 Å². The molecule has 0 aliphatic rings. The quantitative estimate of drug-likeness (QED) is 0.148. The zero-order chi connectivity index (χ0) is 41.7. The topological polar surface area (TPSA) is 8.17 Å². The third-order valence-electron chi connectivity index (χ3n) is 12.4. The lowest BCUT2D eigenvalue weighted by Gasteiger charge is -2.26. The first-order chi connectivity index (χ1) is 31.2. The third kappa shape index (κ3) is 6.67. The van der Waals surface area contributed by atoms with Crippen molar-refractivity contribution in [3.63, 3.8) is 0 Å². The van der Waals surface area contributed by atoms with Crippen LogP contribution in [-0.2, 0) is 0 Å². The fraction of sp³-hybridized carbons (Fsp3) is 0. The van der Waals surface area contributed by atoms with Crippen LogP contribution in [0.25, 0.3) is 92.2 Å². The maximum Gasteiger partial charge on any atom is 0.0561 e. The Morgan fingerprint density at radius 2 is 0.683 bits per heavy atom. The van der Waals surface area contributed by atoms with E-state index in [-0.39, 0.29) is 0 Å². The molecule has 0 aliphatic carbocycles. The van der Waals surface area contributed by atoms with Crippen LogP contribution in [0.5, 0.6) is 0 Å². The zero-order valence-corrected chi connectivity index (χ0v) is 35.2. The van der Waals surface area contributed by atoms with Crippen molar-refractivity contribution >= 4 is 70.4 Å². The summed E-state index contributed by atoms with van der Waals surface area (Å²) in [4.78, 5) is 2.39. The summed E-state index contributed by atoms with van der Waals surface area (Å²) in [5.41, 5.74) is 16.4. The van der Waals surface area contributed by atoms with Gasteiger partial charge in [-0.25, -0.2) is 0 Å². The monoisotopic (exact) mass is 820 g/mol. The van der Waals surface area contributed by atoms with E-state index in [4.69, 9.17) is 0 Å². The van der Waals surface area contributed by atoms with E-state index in [1.54, 1.807) is 0 Å². The number of aromatic nitrogens is 1. The molecule has 12 aromatic rings. The maximum absolute atomic E-state index is 2.45. The highest BCUT2D eigenvalue weighted by atomic mass is 32.1. The minimum absolute atomic E-state index is 1.09. The molecule has 0 radical (unpaired) electrons. The molecule has 0 fully saturated rings. The summed E-state index contributed by atoms with van der Waals surface area (Å²) in [6, 6.07) is 88.4. The Bertz CT molecular complexity index is 3440. The van der Waals surface area contributed by atoms with Crippen LogP contribution in [0.1, 0.15) is 0 Å². The van der Waals surface area contributed by atoms with Crippen molar-refractivity contribution in [2.75, 3.05) is 4.90 Å². The van der Waals surface area contributed by atoms with E-state index in [2.05, 4.69) is 252 Å². The van der Waals surface area contributed by atoms with Crippen molar-refractivity contribution in [1.29, 1.82) is 0 Å². The first kappa shape index (κ1) is 36.8. The van der Waals surface area contributed by atoms with Gasteiger partial charge in [0.25, 0.3) is 0 Å². The summed E-state index contributed by atoms with van der Waals surface area (Å²) in [6.07, 6.45) is 0. The number of benzene rings is 10. The molecule has 0 saturated heterocycles. The van der Waals surface area contributed by atoms with Gasteiger partial charge in [0.05, 0.1) is 11.0 Å². The molecule has 0 amide bonds. The molecule has 0 N–H and O–H groups in total. The number of anilines is 3. The second-order valence-corrected chi connectivity index (χ2v) is 17.2. The van der Waals surface area contributed by atoms with Gasteiger partial charge in [-0.15, -0.1) is 11.3 Å². The van der Waals surface area contributed by atoms with Crippen molar-refractivity contribution in [2.45, 2.75) is 0 Å². The molecule has 63 heavy (non-hydrogen) atoms. The molecular weight excluding hydrogens is 781 g/mol. The highest BCUT2D eigenvalue weighted by Gasteiger charge is 2.19. The Hall–Kier alpha value is -7.98. The predicted molar refractivity (Wildman–Crippen MR) is 270 cm³/mol. The Labute approximate surface area is 370 Å². The highest BCUT2D eigenvalue weighted by Crippen LogP contribution is 2.42. The smallest absolute Gasteiger partial charge is 0.0561 e. The molecule has 2 nitrogen and oxygen atoms in total. The standard InChI is InChI=1S/C60H40N2S/c1-3-11-41(12-4-1)43-19-23-45(24-20-43)47-27-31-49(32-28-47)61(50-33-29-48(30-34-50)46-25-21-44(22-26-46)42-13-5-2-6-14-42)52-35-37-54-53-15-7-9-17-57(53)62(58(54)40-52)51-36-38-60-56(39-51)55-16-8-10-18-59(55)63-60/h1-40H. The molecule has 0 spiro atoms. The molecule has 3 heteroatoms. The van der Waals surface area contributed by atoms with Crippen LogP contribution in [0.3, 0.4) is 0 Å². The Morgan fingerprint density at radius 3 is 1.24 bits per heavy atom. The Balaban J connectivity index is 0.970. The van der Waals surface area contributed by atoms with Crippen molar-refractivity contribution in [3.8, 4) is 50.2 Å². The van der Waals surface area contributed by atoms with Crippen molar-refractivity contribution < 1.29 is 0 Å². The molecule has 296 valence electrons. The van der Waals surface area contributed by atoms with E-state index in [0.717, 1.165) is 22.7 Å². The van der Waals surface area contributed by atoms with E-state index in [1.807, 2.05) is 11.3 Å². The number of hydrogen-bond donors (Lipinski definition) is 0. The molecule has 10 aromatic carbocycles. The van der Waals surface area contributed by atoms with E-state index >= 15 is 0 Å². The van der Waals surface area contributed by atoms with Gasteiger partial charge >= 0.3 is 0 Å². The van der Waals surface area contributed by atoms with Crippen molar-refractivity contribution in [1.82, 2.24) is 4.57 Å². The average Bonchev–Trinajstić information content (AvgIpc) is 3.90. The lowest BCUT2D eigenvalue weighted by atomic mass is 9.99. The van der Waals surface area contributed by atoms with Crippen LogP contribution in [0, 0.1) is 0 Å². The van der Waals surface area contributed by atoms with Gasteiger partial charge in [-0.05, 0) is 111 Å². The SMILES string of the molecule is c1ccc(-c2ccc(-c3ccc(N(c4ccc(-c5ccc(-c6ccccc6)cc5)cc4)c4ccc5c6ccccc6n(-c6ccc7sc8ccccc8c7c6)c5c4)cc3)cc2)cc1. The van der Waals surface area contributed by atoms with E-state index < -0.39 is 0 Å². The zero-order valence-electron chi connectivity index (χ0n) is 34.4. The van der Waals surface area contributed by atoms with Crippen LogP contribution in [-0.4, -0.2) is 4.57 Å². The summed E-state index contributed by atoms with van der Waals surface area (Å²) < 4.78 is 5.07. The van der Waals surface area contributed by atoms with Gasteiger partial charge in [0, 0.05) is 53.7 Å². The third-order valence-corrected chi connectivity index (χ3v) is 13.6. The summed E-state index contributed by atoms with van der Waals surface area (Å²) in [5.74, 6) is 0. The summed E-state index contributed by atoms with van der Waals surface area (Å²) >= 11 is 1.86. The first-order valence-corrected chi connectivity index (χ1v) is 22.3. The number of nitrogens with zero attached hydrogens (tertiary/aromatic N) is 2. The van der Waals surface area contributed by atoms with Crippen LogP contribution in [0.4, 0.5) is 17.1 Å². The van der Waals surface area contributed by atoms with Gasteiger partial charge in [0.15, 0.2) is 0 Å². The van der Waals surface area contributed by atoms with Crippen LogP contribution < -0.4 is 4.90 Å². The van der Waals surface area contributed by atoms with Gasteiger partial charge in [-0.3, -0.25) is 0 Å². The molecule has 12 rings (SSSR count). The molecule has 2 heterocycles. The van der Waals surface area contributed by atoms with Crippen LogP contribution in [0.15, 0.2) is 243 Å². The lowest BCUT2D eigenvalue weighted by Crippen LogP contribution is -2.10. The first-order valence-electron chi connectivity index (χ1n) is 21.5. The Morgan fingerprint density at radius 1 is 0.270 bits per heavy atom. The van der Waals surface area contributed by atoms with E-state index in [9.17, 15) is 0 Å². The average molecular weight is 821 g/mol. The largest absolute Gasteiger partial charge is 0.310 e. The minimum Gasteiger partial charge on any atom is -0.310 e. The van der Waals surface area contributed by atoms with E-state index in [0.29, 0.717) is 0 Å². The Kier molecular flexibility index (Phi) is 9.06. The second-order valence-electron chi connectivity index (χ2n) is 16.1. The van der Waals surface area contributed by atoms with Gasteiger partial charge < -0.3 is 9.47 Å². The summed E-state index contributed by atoms with van der Waals surface area (Å²) in [6.45, 7) is 0. The number of fused-ring (bicyclic) bond motifs is 6. The maximum atomic E-state index is 2.45. The number of thiophene rings is 1. The normalized spacial score (nSPS) is 11.5. The van der Waals surface area contributed by atoms with Gasteiger partial charge in [0.2, 0.25) is 0 Å². The molecule has 2 aromatic heterocycles. The minimum atomic E-state index is 1.09. The van der Waals surface area contributed by atoms with Gasteiger partial charge in [-0.2, -0.15) is 0 Å². The molecule has 0 saturated carbocycles. The predicted octanol–water partition coefficient (Wildman–Crippen LogP) is 17.3. The summed E-state index contributed by atoms with van der Waals surface area (Å²) in [7, 11) is 0. The fourth-order valence-electron chi connectivity index (χ4n) is 9.25. The van der Waals surface area contributed by atoms with E-state index in [1.165, 1.54) is 86.5 Å². The highest BCUT2D eigenvalue weighted by molar-refractivity contribution is 7.25. The van der Waals surface area contributed by atoms with Crippen LogP contribution >= 0.6 is 11.3 Å². The second kappa shape index (κ2) is 15.5. The van der Waals surface area contributed by atoms with Crippen molar-refractivity contribution in [2.24, 2.45) is 0 Å². The number of rotatable bonds is 8. The molecule has 0 aliphatic heterocycles. The van der Waals surface area contributed by atoms with Crippen molar-refractivity contribution in [3.05, 3.63) is 243 Å². The number of para-hydroxylation sites is 1. The summed E-state index contributed by atoms with van der Waals surface area (Å²) in [5, 5.41) is 5.07.